The third-order valence-electron chi connectivity index (χ3n) is 4.95. The summed E-state index contributed by atoms with van der Waals surface area (Å²) < 4.78 is 6.85. The summed E-state index contributed by atoms with van der Waals surface area (Å²) in [7, 11) is 1.27. The van der Waals surface area contributed by atoms with E-state index in [2.05, 4.69) is 30.9 Å². The van der Waals surface area contributed by atoms with E-state index in [1.165, 1.54) is 19.2 Å². The summed E-state index contributed by atoms with van der Waals surface area (Å²) in [5.74, 6) is -2.57. The number of amides is 2. The summed E-state index contributed by atoms with van der Waals surface area (Å²) in [6, 6.07) is 13.6. The molecule has 0 atom stereocenters. The molecular formula is C23H20N6O6. The molecule has 2 amide bonds. The van der Waals surface area contributed by atoms with Crippen molar-refractivity contribution in [1.82, 2.24) is 25.5 Å². The smallest absolute Gasteiger partial charge is 0.356 e. The van der Waals surface area contributed by atoms with E-state index in [0.717, 1.165) is 10.9 Å². The van der Waals surface area contributed by atoms with E-state index in [-0.39, 0.29) is 11.6 Å². The molecule has 0 fully saturated rings. The SMILES string of the molecule is CONC(=O)COc1ccc(NC(=O)c2ccc(Cn3ccnn3)c3ccccc23)c(C(=O)O)n1. The van der Waals surface area contributed by atoms with Crippen molar-refractivity contribution in [2.24, 2.45) is 0 Å². The van der Waals surface area contributed by atoms with Crippen LogP contribution in [0.15, 0.2) is 60.9 Å². The van der Waals surface area contributed by atoms with E-state index in [0.29, 0.717) is 17.5 Å². The van der Waals surface area contributed by atoms with E-state index in [4.69, 9.17) is 4.74 Å². The molecule has 0 aliphatic rings. The zero-order chi connectivity index (χ0) is 24.8. The number of carboxylic acid groups (broad SMARTS) is 1. The van der Waals surface area contributed by atoms with Crippen molar-refractivity contribution in [3.8, 4) is 5.88 Å². The molecule has 178 valence electrons. The quantitative estimate of drug-likeness (QED) is 0.307. The summed E-state index contributed by atoms with van der Waals surface area (Å²) >= 11 is 0. The second kappa shape index (κ2) is 10.4. The van der Waals surface area contributed by atoms with Crippen LogP contribution in [0.4, 0.5) is 5.69 Å². The average Bonchev–Trinajstić information content (AvgIpc) is 3.37. The molecule has 3 N–H and O–H groups in total. The molecule has 0 saturated carbocycles. The van der Waals surface area contributed by atoms with Gasteiger partial charge in [-0.25, -0.2) is 19.9 Å². The summed E-state index contributed by atoms with van der Waals surface area (Å²) in [4.78, 5) is 44.7. The first-order valence-electron chi connectivity index (χ1n) is 10.3. The maximum atomic E-state index is 13.1. The number of hydroxylamine groups is 1. The fourth-order valence-electron chi connectivity index (χ4n) is 3.45. The van der Waals surface area contributed by atoms with Crippen molar-refractivity contribution < 1.29 is 29.1 Å². The fourth-order valence-corrected chi connectivity index (χ4v) is 3.45. The van der Waals surface area contributed by atoms with Gasteiger partial charge in [-0.1, -0.05) is 35.5 Å². The number of aromatic carboxylic acids is 1. The number of aromatic nitrogens is 4. The lowest BCUT2D eigenvalue weighted by atomic mass is 9.99. The van der Waals surface area contributed by atoms with Gasteiger partial charge in [0.1, 0.15) is 0 Å². The summed E-state index contributed by atoms with van der Waals surface area (Å²) in [6.07, 6.45) is 3.33. The number of nitrogens with one attached hydrogen (secondary N) is 2. The van der Waals surface area contributed by atoms with Crippen molar-refractivity contribution in [3.63, 3.8) is 0 Å². The summed E-state index contributed by atoms with van der Waals surface area (Å²) in [5.41, 5.74) is 2.91. The highest BCUT2D eigenvalue weighted by Crippen LogP contribution is 2.26. The van der Waals surface area contributed by atoms with Crippen LogP contribution in [-0.4, -0.2) is 56.6 Å². The van der Waals surface area contributed by atoms with E-state index in [1.54, 1.807) is 23.1 Å². The lowest BCUT2D eigenvalue weighted by Gasteiger charge is -2.13. The van der Waals surface area contributed by atoms with Gasteiger partial charge in [0.15, 0.2) is 12.3 Å². The van der Waals surface area contributed by atoms with Crippen LogP contribution in [0.1, 0.15) is 26.4 Å². The van der Waals surface area contributed by atoms with Crippen LogP contribution >= 0.6 is 0 Å². The molecule has 35 heavy (non-hydrogen) atoms. The number of carbonyl (C=O) groups is 3. The van der Waals surface area contributed by atoms with Crippen LogP contribution in [0.3, 0.4) is 0 Å². The predicted molar refractivity (Wildman–Crippen MR) is 123 cm³/mol. The van der Waals surface area contributed by atoms with Gasteiger partial charge in [0.25, 0.3) is 11.8 Å². The standard InChI is InChI=1S/C23H20N6O6/c1-34-27-19(30)13-35-20-9-8-18(21(26-20)23(32)33)25-22(31)17-7-6-14(12-29-11-10-24-28-29)15-4-2-3-5-16(15)17/h2-11H,12-13H2,1H3,(H,25,31)(H,27,30)(H,32,33). The van der Waals surface area contributed by atoms with Crippen LogP contribution in [0.2, 0.25) is 0 Å². The number of hydrogen-bond donors (Lipinski definition) is 3. The number of nitrogens with zero attached hydrogens (tertiary/aromatic N) is 4. The lowest BCUT2D eigenvalue weighted by molar-refractivity contribution is -0.133. The van der Waals surface area contributed by atoms with Gasteiger partial charge in [-0.05, 0) is 28.5 Å². The monoisotopic (exact) mass is 476 g/mol. The number of hydrogen-bond acceptors (Lipinski definition) is 8. The molecule has 0 radical (unpaired) electrons. The number of anilines is 1. The Kier molecular flexibility index (Phi) is 6.93. The van der Waals surface area contributed by atoms with E-state index in [1.807, 2.05) is 30.3 Å². The van der Waals surface area contributed by atoms with Crippen LogP contribution in [-0.2, 0) is 16.2 Å². The van der Waals surface area contributed by atoms with Gasteiger partial charge < -0.3 is 15.2 Å². The summed E-state index contributed by atoms with van der Waals surface area (Å²) in [5, 5.41) is 21.5. The first kappa shape index (κ1) is 23.3. The Morgan fingerprint density at radius 3 is 2.57 bits per heavy atom. The van der Waals surface area contributed by atoms with Crippen LogP contribution in [0, 0.1) is 0 Å². The normalized spacial score (nSPS) is 10.7. The maximum Gasteiger partial charge on any atom is 0.356 e. The van der Waals surface area contributed by atoms with Gasteiger partial charge in [-0.2, -0.15) is 0 Å². The Labute approximate surface area is 198 Å². The van der Waals surface area contributed by atoms with E-state index >= 15 is 0 Å². The zero-order valence-corrected chi connectivity index (χ0v) is 18.5. The molecule has 2 heterocycles. The molecule has 2 aromatic carbocycles. The highest BCUT2D eigenvalue weighted by molar-refractivity contribution is 6.14. The summed E-state index contributed by atoms with van der Waals surface area (Å²) in [6.45, 7) is 0.0396. The number of carboxylic acids is 1. The average molecular weight is 476 g/mol. The van der Waals surface area contributed by atoms with Crippen molar-refractivity contribution in [2.45, 2.75) is 6.54 Å². The molecule has 0 saturated heterocycles. The molecule has 0 unspecified atom stereocenters. The Morgan fingerprint density at radius 2 is 1.86 bits per heavy atom. The molecule has 0 spiro atoms. The highest BCUT2D eigenvalue weighted by Gasteiger charge is 2.19. The third kappa shape index (κ3) is 5.39. The van der Waals surface area contributed by atoms with Crippen LogP contribution < -0.4 is 15.5 Å². The minimum absolute atomic E-state index is 0.0213. The van der Waals surface area contributed by atoms with Crippen molar-refractivity contribution in [3.05, 3.63) is 77.7 Å². The van der Waals surface area contributed by atoms with Crippen molar-refractivity contribution in [1.29, 1.82) is 0 Å². The Morgan fingerprint density at radius 1 is 1.06 bits per heavy atom. The van der Waals surface area contributed by atoms with Gasteiger partial charge in [0, 0.05) is 17.8 Å². The van der Waals surface area contributed by atoms with Crippen LogP contribution in [0.25, 0.3) is 10.8 Å². The number of rotatable bonds is 9. The molecule has 0 aliphatic heterocycles. The molecule has 0 aliphatic carbocycles. The van der Waals surface area contributed by atoms with Gasteiger partial charge in [-0.15, -0.1) is 5.10 Å². The number of carbonyl (C=O) groups excluding carboxylic acids is 2. The number of ether oxygens (including phenoxy) is 1. The molecule has 4 aromatic rings. The van der Waals surface area contributed by atoms with Gasteiger partial charge in [0.2, 0.25) is 5.88 Å². The third-order valence-corrected chi connectivity index (χ3v) is 4.95. The second-order valence-electron chi connectivity index (χ2n) is 7.24. The Hall–Kier alpha value is -4.84. The number of fused-ring (bicyclic) bond motifs is 1. The Bertz CT molecular complexity index is 1390. The molecule has 4 rings (SSSR count). The van der Waals surface area contributed by atoms with E-state index in [9.17, 15) is 19.5 Å². The molecule has 2 aromatic heterocycles. The van der Waals surface area contributed by atoms with Crippen molar-refractivity contribution >= 4 is 34.2 Å². The minimum atomic E-state index is -1.37. The second-order valence-corrected chi connectivity index (χ2v) is 7.24. The molecular weight excluding hydrogens is 456 g/mol. The zero-order valence-electron chi connectivity index (χ0n) is 18.5. The fraction of sp³-hybridized carbons (Fsp3) is 0.130. The number of benzene rings is 2. The van der Waals surface area contributed by atoms with Crippen molar-refractivity contribution in [2.75, 3.05) is 19.0 Å². The Balaban J connectivity index is 1.59. The largest absolute Gasteiger partial charge is 0.476 e. The number of pyridine rings is 1. The first-order chi connectivity index (χ1) is 17.0. The molecule has 12 nitrogen and oxygen atoms in total. The highest BCUT2D eigenvalue weighted by atomic mass is 16.6. The van der Waals surface area contributed by atoms with Gasteiger partial charge in [0.05, 0.1) is 25.5 Å². The van der Waals surface area contributed by atoms with Crippen LogP contribution in [0.5, 0.6) is 5.88 Å². The molecule has 0 bridgehead atoms. The lowest BCUT2D eigenvalue weighted by Crippen LogP contribution is -2.28. The van der Waals surface area contributed by atoms with Gasteiger partial charge >= 0.3 is 5.97 Å². The van der Waals surface area contributed by atoms with E-state index < -0.39 is 30.1 Å². The maximum absolute atomic E-state index is 13.1. The topological polar surface area (TPSA) is 158 Å². The first-order valence-corrected chi connectivity index (χ1v) is 10.3. The molecule has 12 heteroatoms. The van der Waals surface area contributed by atoms with Gasteiger partial charge in [-0.3, -0.25) is 14.4 Å². The minimum Gasteiger partial charge on any atom is -0.476 e. The predicted octanol–water partition coefficient (Wildman–Crippen LogP) is 1.88.